The lowest BCUT2D eigenvalue weighted by molar-refractivity contribution is 1.53. The van der Waals surface area contributed by atoms with E-state index in [2.05, 4.69) is 106 Å². The maximum atomic E-state index is 3.67. The summed E-state index contributed by atoms with van der Waals surface area (Å²) in [5, 5.41) is 2.54. The van der Waals surface area contributed by atoms with Gasteiger partial charge in [0.1, 0.15) is 0 Å². The Morgan fingerprint density at radius 2 is 1.23 bits per heavy atom. The van der Waals surface area contributed by atoms with Gasteiger partial charge in [-0.25, -0.2) is 0 Å². The molecule has 0 amide bonds. The minimum Gasteiger partial charge on any atom is -0.354 e. The molecule has 124 valence electrons. The predicted molar refractivity (Wildman–Crippen MR) is 114 cm³/mol. The molecule has 1 heterocycles. The first-order chi connectivity index (χ1) is 12.8. The van der Waals surface area contributed by atoms with E-state index < -0.39 is 0 Å². The molecule has 5 rings (SSSR count). The number of aromatic amines is 1. The summed E-state index contributed by atoms with van der Waals surface area (Å²) in [5.41, 5.74) is 7.24. The molecule has 0 radical (unpaired) electrons. The molecule has 0 aliphatic carbocycles. The highest BCUT2D eigenvalue weighted by Gasteiger charge is 2.10. The molecule has 0 saturated carbocycles. The second kappa shape index (κ2) is 6.15. The fraction of sp³-hybridized carbons (Fsp3) is 0. The highest BCUT2D eigenvalue weighted by molar-refractivity contribution is 9.10. The van der Waals surface area contributed by atoms with Crippen LogP contribution in [0.4, 0.5) is 0 Å². The minimum atomic E-state index is 1.11. The van der Waals surface area contributed by atoms with Gasteiger partial charge in [0.15, 0.2) is 0 Å². The third-order valence-corrected chi connectivity index (χ3v) is 5.59. The zero-order valence-electron chi connectivity index (χ0n) is 14.0. The average Bonchev–Trinajstić information content (AvgIpc) is 3.07. The molecule has 4 aromatic carbocycles. The van der Waals surface area contributed by atoms with Crippen molar-refractivity contribution in [3.63, 3.8) is 0 Å². The highest BCUT2D eigenvalue weighted by Crippen LogP contribution is 2.35. The van der Waals surface area contributed by atoms with Gasteiger partial charge in [0, 0.05) is 26.3 Å². The third-order valence-electron chi connectivity index (χ3n) is 4.90. The van der Waals surface area contributed by atoms with Gasteiger partial charge in [-0.1, -0.05) is 88.7 Å². The molecular weight excluding hydrogens is 382 g/mol. The summed E-state index contributed by atoms with van der Waals surface area (Å²) in [6.45, 7) is 0. The molecule has 0 aliphatic rings. The second-order valence-electron chi connectivity index (χ2n) is 6.46. The summed E-state index contributed by atoms with van der Waals surface area (Å²) >= 11 is 3.67. The van der Waals surface area contributed by atoms with Crippen molar-refractivity contribution in [3.05, 3.63) is 95.5 Å². The number of nitrogens with one attached hydrogen (secondary N) is 1. The lowest BCUT2D eigenvalue weighted by Gasteiger charge is -2.09. The smallest absolute Gasteiger partial charge is 0.0544 e. The Kier molecular flexibility index (Phi) is 3.65. The number of halogens is 1. The standard InChI is InChI=1S/C24H16BrN/c25-22-13-3-1-9-18(22)16-7-5-8-17(15-16)19-11-6-12-21-20-10-2-4-14-23(20)26-24(19)21/h1-15,26H. The van der Waals surface area contributed by atoms with E-state index in [0.29, 0.717) is 0 Å². The Morgan fingerprint density at radius 1 is 0.577 bits per heavy atom. The van der Waals surface area contributed by atoms with Crippen molar-refractivity contribution in [3.8, 4) is 22.3 Å². The summed E-state index contributed by atoms with van der Waals surface area (Å²) < 4.78 is 1.11. The van der Waals surface area contributed by atoms with Crippen LogP contribution in [-0.4, -0.2) is 4.98 Å². The van der Waals surface area contributed by atoms with Gasteiger partial charge in [0.2, 0.25) is 0 Å². The Morgan fingerprint density at radius 3 is 2.12 bits per heavy atom. The molecule has 0 spiro atoms. The van der Waals surface area contributed by atoms with Crippen LogP contribution in [0.15, 0.2) is 95.5 Å². The molecule has 0 bridgehead atoms. The first-order valence-electron chi connectivity index (χ1n) is 8.66. The molecule has 5 aromatic rings. The number of para-hydroxylation sites is 2. The summed E-state index contributed by atoms with van der Waals surface area (Å²) in [6, 6.07) is 32.1. The van der Waals surface area contributed by atoms with E-state index in [1.807, 2.05) is 6.07 Å². The first-order valence-corrected chi connectivity index (χ1v) is 9.45. The fourth-order valence-electron chi connectivity index (χ4n) is 3.66. The molecule has 1 N–H and O–H groups in total. The zero-order valence-corrected chi connectivity index (χ0v) is 15.6. The molecule has 0 aliphatic heterocycles. The number of H-pyrrole nitrogens is 1. The Hall–Kier alpha value is -2.84. The molecule has 0 saturated heterocycles. The van der Waals surface area contributed by atoms with E-state index in [-0.39, 0.29) is 0 Å². The SMILES string of the molecule is Brc1ccccc1-c1cccc(-c2cccc3c2[nH]c2ccccc23)c1. The molecular formula is C24H16BrN. The lowest BCUT2D eigenvalue weighted by Crippen LogP contribution is -1.84. The van der Waals surface area contributed by atoms with Gasteiger partial charge in [0.25, 0.3) is 0 Å². The monoisotopic (exact) mass is 397 g/mol. The Labute approximate surface area is 160 Å². The van der Waals surface area contributed by atoms with E-state index in [1.54, 1.807) is 0 Å². The molecule has 0 fully saturated rings. The van der Waals surface area contributed by atoms with Crippen LogP contribution in [0.1, 0.15) is 0 Å². The number of benzene rings is 4. The van der Waals surface area contributed by atoms with Crippen molar-refractivity contribution in [2.24, 2.45) is 0 Å². The number of hydrogen-bond acceptors (Lipinski definition) is 0. The largest absolute Gasteiger partial charge is 0.354 e. The van der Waals surface area contributed by atoms with E-state index in [1.165, 1.54) is 44.1 Å². The summed E-state index contributed by atoms with van der Waals surface area (Å²) in [5.74, 6) is 0. The van der Waals surface area contributed by atoms with Crippen molar-refractivity contribution >= 4 is 37.7 Å². The molecule has 1 aromatic heterocycles. The first kappa shape index (κ1) is 15.4. The number of fused-ring (bicyclic) bond motifs is 3. The number of aromatic nitrogens is 1. The van der Waals surface area contributed by atoms with E-state index >= 15 is 0 Å². The van der Waals surface area contributed by atoms with Crippen LogP contribution in [0.2, 0.25) is 0 Å². The predicted octanol–water partition coefficient (Wildman–Crippen LogP) is 7.42. The van der Waals surface area contributed by atoms with Gasteiger partial charge < -0.3 is 4.98 Å². The van der Waals surface area contributed by atoms with Crippen LogP contribution in [0.5, 0.6) is 0 Å². The van der Waals surface area contributed by atoms with Crippen molar-refractivity contribution in [1.29, 1.82) is 0 Å². The molecule has 1 nitrogen and oxygen atoms in total. The summed E-state index contributed by atoms with van der Waals surface area (Å²) in [6.07, 6.45) is 0. The zero-order chi connectivity index (χ0) is 17.5. The van der Waals surface area contributed by atoms with Crippen molar-refractivity contribution in [2.45, 2.75) is 0 Å². The summed E-state index contributed by atoms with van der Waals surface area (Å²) in [7, 11) is 0. The normalized spacial score (nSPS) is 11.3. The topological polar surface area (TPSA) is 15.8 Å². The Bertz CT molecular complexity index is 1250. The van der Waals surface area contributed by atoms with Crippen LogP contribution in [0.25, 0.3) is 44.1 Å². The quantitative estimate of drug-likeness (QED) is 0.319. The molecule has 26 heavy (non-hydrogen) atoms. The van der Waals surface area contributed by atoms with Crippen LogP contribution in [0.3, 0.4) is 0 Å². The van der Waals surface area contributed by atoms with Crippen LogP contribution in [0, 0.1) is 0 Å². The van der Waals surface area contributed by atoms with Crippen LogP contribution >= 0.6 is 15.9 Å². The van der Waals surface area contributed by atoms with Crippen LogP contribution < -0.4 is 0 Å². The van der Waals surface area contributed by atoms with Gasteiger partial charge in [-0.3, -0.25) is 0 Å². The van der Waals surface area contributed by atoms with Crippen molar-refractivity contribution < 1.29 is 0 Å². The van der Waals surface area contributed by atoms with Crippen LogP contribution in [-0.2, 0) is 0 Å². The van der Waals surface area contributed by atoms with Crippen molar-refractivity contribution in [2.75, 3.05) is 0 Å². The van der Waals surface area contributed by atoms with Gasteiger partial charge in [-0.05, 0) is 34.9 Å². The van der Waals surface area contributed by atoms with Crippen molar-refractivity contribution in [1.82, 2.24) is 4.98 Å². The highest BCUT2D eigenvalue weighted by atomic mass is 79.9. The number of rotatable bonds is 2. The van der Waals surface area contributed by atoms with Gasteiger partial charge in [-0.15, -0.1) is 0 Å². The van der Waals surface area contributed by atoms with E-state index in [0.717, 1.165) is 4.47 Å². The molecule has 0 atom stereocenters. The van der Waals surface area contributed by atoms with E-state index in [4.69, 9.17) is 0 Å². The van der Waals surface area contributed by atoms with Gasteiger partial charge in [0.05, 0.1) is 5.52 Å². The molecule has 0 unspecified atom stereocenters. The summed E-state index contributed by atoms with van der Waals surface area (Å²) in [4.78, 5) is 3.61. The maximum absolute atomic E-state index is 3.67. The van der Waals surface area contributed by atoms with E-state index in [9.17, 15) is 0 Å². The average molecular weight is 398 g/mol. The molecule has 2 heteroatoms. The number of hydrogen-bond donors (Lipinski definition) is 1. The van der Waals surface area contributed by atoms with Gasteiger partial charge in [-0.2, -0.15) is 0 Å². The lowest BCUT2D eigenvalue weighted by atomic mass is 9.97. The van der Waals surface area contributed by atoms with Gasteiger partial charge >= 0.3 is 0 Å². The minimum absolute atomic E-state index is 1.11. The second-order valence-corrected chi connectivity index (χ2v) is 7.31. The third kappa shape index (κ3) is 2.46. The maximum Gasteiger partial charge on any atom is 0.0544 e. The fourth-order valence-corrected chi connectivity index (χ4v) is 4.18. The Balaban J connectivity index is 1.74.